The van der Waals surface area contributed by atoms with Crippen LogP contribution in [-0.2, 0) is 17.9 Å². The van der Waals surface area contributed by atoms with Gasteiger partial charge in [0.25, 0.3) is 0 Å². The van der Waals surface area contributed by atoms with E-state index < -0.39 is 0 Å². The zero-order chi connectivity index (χ0) is 24.6. The van der Waals surface area contributed by atoms with E-state index in [4.69, 9.17) is 0 Å². The van der Waals surface area contributed by atoms with Gasteiger partial charge in [-0.1, -0.05) is 68.9 Å². The van der Waals surface area contributed by atoms with Crippen molar-refractivity contribution < 1.29 is 4.79 Å². The molecule has 2 aromatic carbocycles. The molecule has 0 bridgehead atoms. The van der Waals surface area contributed by atoms with Crippen molar-refractivity contribution in [3.8, 4) is 5.69 Å². The molecule has 0 atom stereocenters. The lowest BCUT2D eigenvalue weighted by Crippen LogP contribution is -2.45. The molecule has 0 aliphatic carbocycles. The van der Waals surface area contributed by atoms with Crippen LogP contribution in [0.3, 0.4) is 0 Å². The SMILES string of the molecule is CCN1CCN(Cc2ccccc2CNC(=O)CSc2nncn2-c2ccc(C(C)C)cc2)CC1. The van der Waals surface area contributed by atoms with Gasteiger partial charge in [0.05, 0.1) is 5.75 Å². The quantitative estimate of drug-likeness (QED) is 0.433. The Morgan fingerprint density at radius 1 is 1.00 bits per heavy atom. The number of rotatable bonds is 10. The van der Waals surface area contributed by atoms with Crippen LogP contribution >= 0.6 is 11.8 Å². The predicted octanol–water partition coefficient (Wildman–Crippen LogP) is 3.94. The highest BCUT2D eigenvalue weighted by Gasteiger charge is 2.17. The van der Waals surface area contributed by atoms with Gasteiger partial charge >= 0.3 is 0 Å². The zero-order valence-corrected chi connectivity index (χ0v) is 21.8. The summed E-state index contributed by atoms with van der Waals surface area (Å²) < 4.78 is 1.93. The average Bonchev–Trinajstić information content (AvgIpc) is 3.36. The molecule has 3 aromatic rings. The van der Waals surface area contributed by atoms with Gasteiger partial charge in [0.2, 0.25) is 5.91 Å². The summed E-state index contributed by atoms with van der Waals surface area (Å²) in [6.45, 7) is 13.6. The van der Waals surface area contributed by atoms with Crippen molar-refractivity contribution in [3.63, 3.8) is 0 Å². The van der Waals surface area contributed by atoms with E-state index in [0.717, 1.165) is 45.0 Å². The molecule has 0 saturated carbocycles. The summed E-state index contributed by atoms with van der Waals surface area (Å²) >= 11 is 1.40. The Hall–Kier alpha value is -2.68. The molecule has 1 saturated heterocycles. The maximum absolute atomic E-state index is 12.6. The van der Waals surface area contributed by atoms with Crippen LogP contribution in [0.4, 0.5) is 0 Å². The van der Waals surface area contributed by atoms with Crippen LogP contribution in [0.1, 0.15) is 43.4 Å². The van der Waals surface area contributed by atoms with Gasteiger partial charge in [0, 0.05) is 45.0 Å². The van der Waals surface area contributed by atoms with Crippen LogP contribution in [-0.4, -0.2) is 68.9 Å². The minimum atomic E-state index is -0.00827. The van der Waals surface area contributed by atoms with Gasteiger partial charge in [0.1, 0.15) is 6.33 Å². The van der Waals surface area contributed by atoms with E-state index in [0.29, 0.717) is 23.4 Å². The largest absolute Gasteiger partial charge is 0.351 e. The number of nitrogens with one attached hydrogen (secondary N) is 1. The van der Waals surface area contributed by atoms with E-state index >= 15 is 0 Å². The minimum absolute atomic E-state index is 0.00827. The van der Waals surface area contributed by atoms with Crippen molar-refractivity contribution >= 4 is 17.7 Å². The lowest BCUT2D eigenvalue weighted by molar-refractivity contribution is -0.118. The molecule has 1 N–H and O–H groups in total. The van der Waals surface area contributed by atoms with Crippen molar-refractivity contribution in [2.45, 2.75) is 44.9 Å². The number of likely N-dealkylation sites (N-methyl/N-ethyl adjacent to an activating group) is 1. The summed E-state index contributed by atoms with van der Waals surface area (Å²) in [7, 11) is 0. The minimum Gasteiger partial charge on any atom is -0.351 e. The molecule has 1 fully saturated rings. The first-order valence-corrected chi connectivity index (χ1v) is 13.4. The van der Waals surface area contributed by atoms with E-state index in [1.54, 1.807) is 6.33 Å². The highest BCUT2D eigenvalue weighted by atomic mass is 32.2. The second-order valence-electron chi connectivity index (χ2n) is 9.27. The van der Waals surface area contributed by atoms with E-state index in [1.807, 2.05) is 10.6 Å². The first kappa shape index (κ1) is 25.4. The third-order valence-corrected chi connectivity index (χ3v) is 7.53. The molecular formula is C27H36N6OS. The second-order valence-corrected chi connectivity index (χ2v) is 10.2. The first-order valence-electron chi connectivity index (χ1n) is 12.4. The third-order valence-electron chi connectivity index (χ3n) is 6.59. The van der Waals surface area contributed by atoms with Crippen LogP contribution in [0.2, 0.25) is 0 Å². The number of piperazine rings is 1. The Labute approximate surface area is 212 Å². The van der Waals surface area contributed by atoms with Crippen LogP contribution in [0, 0.1) is 0 Å². The number of hydrogen-bond donors (Lipinski definition) is 1. The van der Waals surface area contributed by atoms with Crippen molar-refractivity contribution in [3.05, 3.63) is 71.5 Å². The van der Waals surface area contributed by atoms with Gasteiger partial charge in [0.15, 0.2) is 5.16 Å². The Morgan fingerprint density at radius 3 is 2.37 bits per heavy atom. The summed E-state index contributed by atoms with van der Waals surface area (Å²) in [5, 5.41) is 12.1. The molecule has 186 valence electrons. The van der Waals surface area contributed by atoms with Crippen molar-refractivity contribution in [2.75, 3.05) is 38.5 Å². The second kappa shape index (κ2) is 12.3. The molecule has 8 heteroatoms. The van der Waals surface area contributed by atoms with Gasteiger partial charge < -0.3 is 10.2 Å². The molecule has 0 spiro atoms. The first-order chi connectivity index (χ1) is 17.0. The highest BCUT2D eigenvalue weighted by Crippen LogP contribution is 2.22. The van der Waals surface area contributed by atoms with Crippen LogP contribution in [0.25, 0.3) is 5.69 Å². The number of nitrogens with zero attached hydrogens (tertiary/aromatic N) is 5. The molecule has 1 aliphatic rings. The number of carbonyl (C=O) groups is 1. The molecular weight excluding hydrogens is 456 g/mol. The molecule has 7 nitrogen and oxygen atoms in total. The van der Waals surface area contributed by atoms with Gasteiger partial charge in [-0.15, -0.1) is 10.2 Å². The van der Waals surface area contributed by atoms with Crippen LogP contribution in [0.5, 0.6) is 0 Å². The molecule has 35 heavy (non-hydrogen) atoms. The van der Waals surface area contributed by atoms with Gasteiger partial charge in [-0.25, -0.2) is 0 Å². The maximum atomic E-state index is 12.6. The van der Waals surface area contributed by atoms with E-state index in [1.165, 1.54) is 28.5 Å². The number of benzene rings is 2. The van der Waals surface area contributed by atoms with E-state index in [2.05, 4.69) is 88.5 Å². The molecule has 2 heterocycles. The summed E-state index contributed by atoms with van der Waals surface area (Å²) in [5.74, 6) is 0.772. The zero-order valence-electron chi connectivity index (χ0n) is 21.0. The summed E-state index contributed by atoms with van der Waals surface area (Å²) in [5.41, 5.74) is 4.75. The Kier molecular flexibility index (Phi) is 8.95. The molecule has 4 rings (SSSR count). The van der Waals surface area contributed by atoms with Gasteiger partial charge in [-0.3, -0.25) is 14.3 Å². The number of aromatic nitrogens is 3. The van der Waals surface area contributed by atoms with Gasteiger partial charge in [-0.05, 0) is 41.3 Å². The summed E-state index contributed by atoms with van der Waals surface area (Å²) in [6, 6.07) is 16.8. The van der Waals surface area contributed by atoms with E-state index in [-0.39, 0.29) is 5.91 Å². The topological polar surface area (TPSA) is 66.3 Å². The standard InChI is InChI=1S/C27H36N6OS/c1-4-31-13-15-32(16-14-31)18-24-8-6-5-7-23(24)17-28-26(34)19-35-27-30-29-20-33(27)25-11-9-22(10-12-25)21(2)3/h5-12,20-21H,4,13-19H2,1-3H3,(H,28,34). The summed E-state index contributed by atoms with van der Waals surface area (Å²) in [4.78, 5) is 17.6. The monoisotopic (exact) mass is 492 g/mol. The lowest BCUT2D eigenvalue weighted by atomic mass is 10.0. The molecule has 0 radical (unpaired) electrons. The van der Waals surface area contributed by atoms with E-state index in [9.17, 15) is 4.79 Å². The predicted molar refractivity (Wildman–Crippen MR) is 142 cm³/mol. The van der Waals surface area contributed by atoms with Crippen molar-refractivity contribution in [1.29, 1.82) is 0 Å². The van der Waals surface area contributed by atoms with Crippen LogP contribution in [0.15, 0.2) is 60.0 Å². The van der Waals surface area contributed by atoms with Crippen molar-refractivity contribution in [1.82, 2.24) is 29.9 Å². The number of carbonyl (C=O) groups excluding carboxylic acids is 1. The fraction of sp³-hybridized carbons (Fsp3) is 0.444. The Balaban J connectivity index is 1.29. The fourth-order valence-corrected chi connectivity index (χ4v) is 5.04. The smallest absolute Gasteiger partial charge is 0.230 e. The third kappa shape index (κ3) is 6.93. The molecule has 0 unspecified atom stereocenters. The normalized spacial score (nSPS) is 15.0. The van der Waals surface area contributed by atoms with Crippen LogP contribution < -0.4 is 5.32 Å². The maximum Gasteiger partial charge on any atom is 0.230 e. The number of amides is 1. The molecule has 1 aromatic heterocycles. The Morgan fingerprint density at radius 2 is 1.69 bits per heavy atom. The lowest BCUT2D eigenvalue weighted by Gasteiger charge is -2.34. The summed E-state index contributed by atoms with van der Waals surface area (Å²) in [6.07, 6.45) is 1.70. The fourth-order valence-electron chi connectivity index (χ4n) is 4.28. The highest BCUT2D eigenvalue weighted by molar-refractivity contribution is 7.99. The number of hydrogen-bond acceptors (Lipinski definition) is 6. The molecule has 1 aliphatic heterocycles. The van der Waals surface area contributed by atoms with Crippen molar-refractivity contribution in [2.24, 2.45) is 0 Å². The average molecular weight is 493 g/mol. The molecule has 1 amide bonds. The Bertz CT molecular complexity index is 1090. The number of thioether (sulfide) groups is 1. The van der Waals surface area contributed by atoms with Gasteiger partial charge in [-0.2, -0.15) is 0 Å².